The number of carbonyl (C=O) groups is 1. The van der Waals surface area contributed by atoms with Gasteiger partial charge >= 0.3 is 0 Å². The van der Waals surface area contributed by atoms with Crippen LogP contribution >= 0.6 is 0 Å². The number of benzene rings is 2. The fraction of sp³-hybridized carbons (Fsp3) is 0.333. The van der Waals surface area contributed by atoms with E-state index in [0.717, 1.165) is 40.9 Å². The molecule has 6 heteroatoms. The summed E-state index contributed by atoms with van der Waals surface area (Å²) in [5.74, 6) is -0.0638. The Kier molecular flexibility index (Phi) is 5.59. The molecule has 6 nitrogen and oxygen atoms in total. The Morgan fingerprint density at radius 3 is 2.43 bits per heavy atom. The van der Waals surface area contributed by atoms with Crippen LogP contribution in [0.3, 0.4) is 0 Å². The fourth-order valence-corrected chi connectivity index (χ4v) is 3.96. The number of morpholine rings is 1. The van der Waals surface area contributed by atoms with Gasteiger partial charge in [0.25, 0.3) is 11.5 Å². The molecule has 4 rings (SSSR count). The minimum Gasteiger partial charge on any atom is -0.378 e. The van der Waals surface area contributed by atoms with Gasteiger partial charge in [-0.3, -0.25) is 9.59 Å². The molecule has 1 aliphatic heterocycles. The lowest BCUT2D eigenvalue weighted by Crippen LogP contribution is -2.37. The molecule has 156 valence electrons. The topological polar surface area (TPSA) is 54.8 Å². The molecule has 1 saturated heterocycles. The highest BCUT2D eigenvalue weighted by Crippen LogP contribution is 2.30. The summed E-state index contributed by atoms with van der Waals surface area (Å²) in [7, 11) is 1.79. The SMILES string of the molecule is CCn1c(=O)cc(N2CCOCC2)c2cc(N(C)C(=O)c3ccc(C)cc3)ccc21. The smallest absolute Gasteiger partial charge is 0.258 e. The summed E-state index contributed by atoms with van der Waals surface area (Å²) in [4.78, 5) is 29.6. The predicted molar refractivity (Wildman–Crippen MR) is 121 cm³/mol. The Hall–Kier alpha value is -3.12. The van der Waals surface area contributed by atoms with Gasteiger partial charge in [0, 0.05) is 49.4 Å². The molecule has 1 amide bonds. The van der Waals surface area contributed by atoms with Gasteiger partial charge in [-0.2, -0.15) is 0 Å². The van der Waals surface area contributed by atoms with Crippen LogP contribution in [0.2, 0.25) is 0 Å². The van der Waals surface area contributed by atoms with E-state index in [1.165, 1.54) is 0 Å². The Bertz CT molecular complexity index is 1130. The van der Waals surface area contributed by atoms with Crippen molar-refractivity contribution >= 4 is 28.2 Å². The number of rotatable bonds is 4. The summed E-state index contributed by atoms with van der Waals surface area (Å²) in [6, 6.07) is 15.2. The highest BCUT2D eigenvalue weighted by Gasteiger charge is 2.19. The Balaban J connectivity index is 1.80. The van der Waals surface area contributed by atoms with E-state index in [-0.39, 0.29) is 11.5 Å². The van der Waals surface area contributed by atoms with Gasteiger partial charge in [-0.05, 0) is 44.2 Å². The van der Waals surface area contributed by atoms with Crippen molar-refractivity contribution in [1.29, 1.82) is 0 Å². The number of anilines is 2. The number of ether oxygens (including phenoxy) is 1. The zero-order valence-corrected chi connectivity index (χ0v) is 17.7. The monoisotopic (exact) mass is 405 g/mol. The van der Waals surface area contributed by atoms with Crippen LogP contribution in [0, 0.1) is 6.92 Å². The van der Waals surface area contributed by atoms with Crippen molar-refractivity contribution in [3.05, 3.63) is 70.0 Å². The minimum absolute atomic E-state index is 0.0108. The van der Waals surface area contributed by atoms with Gasteiger partial charge in [-0.15, -0.1) is 0 Å². The molecule has 1 aliphatic rings. The van der Waals surface area contributed by atoms with E-state index in [2.05, 4.69) is 4.90 Å². The van der Waals surface area contributed by atoms with Crippen LogP contribution in [0.5, 0.6) is 0 Å². The molecule has 0 spiro atoms. The number of amides is 1. The summed E-state index contributed by atoms with van der Waals surface area (Å²) in [6.07, 6.45) is 0. The van der Waals surface area contributed by atoms with Crippen LogP contribution < -0.4 is 15.4 Å². The number of nitrogens with zero attached hydrogens (tertiary/aromatic N) is 3. The van der Waals surface area contributed by atoms with E-state index < -0.39 is 0 Å². The molecule has 0 atom stereocenters. The maximum Gasteiger partial charge on any atom is 0.258 e. The second-order valence-electron chi connectivity index (χ2n) is 7.64. The summed E-state index contributed by atoms with van der Waals surface area (Å²) in [6.45, 7) is 7.34. The summed E-state index contributed by atoms with van der Waals surface area (Å²) < 4.78 is 7.25. The molecule has 0 N–H and O–H groups in total. The zero-order valence-electron chi connectivity index (χ0n) is 17.7. The number of hydrogen-bond donors (Lipinski definition) is 0. The van der Waals surface area contributed by atoms with E-state index in [1.807, 2.05) is 56.3 Å². The molecule has 1 aromatic heterocycles. The van der Waals surface area contributed by atoms with Gasteiger partial charge < -0.3 is 19.1 Å². The Labute approximate surface area is 176 Å². The molecule has 0 saturated carbocycles. The standard InChI is InChI=1S/C24H27N3O3/c1-4-27-21-10-9-19(25(3)24(29)18-7-5-17(2)6-8-18)15-20(21)22(16-23(27)28)26-11-13-30-14-12-26/h5-10,15-16H,4,11-14H2,1-3H3. The third-order valence-corrected chi connectivity index (χ3v) is 5.73. The largest absolute Gasteiger partial charge is 0.378 e. The first-order valence-electron chi connectivity index (χ1n) is 10.3. The molecule has 0 unspecified atom stereocenters. The molecule has 1 fully saturated rings. The normalized spacial score (nSPS) is 14.2. The van der Waals surface area contributed by atoms with E-state index >= 15 is 0 Å². The predicted octanol–water partition coefficient (Wildman–Crippen LogP) is 3.44. The van der Waals surface area contributed by atoms with Gasteiger partial charge in [-0.1, -0.05) is 17.7 Å². The fourth-order valence-electron chi connectivity index (χ4n) is 3.96. The van der Waals surface area contributed by atoms with Gasteiger partial charge in [0.1, 0.15) is 0 Å². The van der Waals surface area contributed by atoms with Crippen molar-refractivity contribution in [1.82, 2.24) is 4.57 Å². The van der Waals surface area contributed by atoms with E-state index in [1.54, 1.807) is 22.6 Å². The molecular formula is C24H27N3O3. The number of aryl methyl sites for hydroxylation is 2. The first-order valence-corrected chi connectivity index (χ1v) is 10.3. The van der Waals surface area contributed by atoms with Gasteiger partial charge in [0.05, 0.1) is 24.4 Å². The second-order valence-corrected chi connectivity index (χ2v) is 7.64. The highest BCUT2D eigenvalue weighted by molar-refractivity contribution is 6.07. The zero-order chi connectivity index (χ0) is 21.3. The highest BCUT2D eigenvalue weighted by atomic mass is 16.5. The number of fused-ring (bicyclic) bond motifs is 1. The molecule has 0 aliphatic carbocycles. The molecule has 3 aromatic rings. The average Bonchev–Trinajstić information content (AvgIpc) is 2.78. The third-order valence-electron chi connectivity index (χ3n) is 5.73. The molecule has 2 heterocycles. The summed E-state index contributed by atoms with van der Waals surface area (Å²) in [5.41, 5.74) is 4.34. The van der Waals surface area contributed by atoms with Crippen LogP contribution in [-0.2, 0) is 11.3 Å². The first-order chi connectivity index (χ1) is 14.5. The number of pyridine rings is 1. The average molecular weight is 405 g/mol. The molecule has 2 aromatic carbocycles. The van der Waals surface area contributed by atoms with Crippen LogP contribution in [0.4, 0.5) is 11.4 Å². The van der Waals surface area contributed by atoms with Crippen LogP contribution in [0.15, 0.2) is 53.3 Å². The maximum atomic E-state index is 13.0. The van der Waals surface area contributed by atoms with Gasteiger partial charge in [0.2, 0.25) is 0 Å². The van der Waals surface area contributed by atoms with Crippen molar-refractivity contribution in [2.75, 3.05) is 43.2 Å². The quantitative estimate of drug-likeness (QED) is 0.667. The van der Waals surface area contributed by atoms with Crippen molar-refractivity contribution < 1.29 is 9.53 Å². The summed E-state index contributed by atoms with van der Waals surface area (Å²) >= 11 is 0. The van der Waals surface area contributed by atoms with Gasteiger partial charge in [-0.25, -0.2) is 0 Å². The molecule has 0 bridgehead atoms. The van der Waals surface area contributed by atoms with Crippen LogP contribution in [0.1, 0.15) is 22.8 Å². The van der Waals surface area contributed by atoms with Crippen LogP contribution in [0.25, 0.3) is 10.9 Å². The molecule has 30 heavy (non-hydrogen) atoms. The lowest BCUT2D eigenvalue weighted by Gasteiger charge is -2.30. The van der Waals surface area contributed by atoms with Crippen molar-refractivity contribution in [3.63, 3.8) is 0 Å². The maximum absolute atomic E-state index is 13.0. The van der Waals surface area contributed by atoms with Crippen molar-refractivity contribution in [3.8, 4) is 0 Å². The molecule has 0 radical (unpaired) electrons. The summed E-state index contributed by atoms with van der Waals surface area (Å²) in [5, 5.41) is 0.972. The van der Waals surface area contributed by atoms with E-state index in [0.29, 0.717) is 25.3 Å². The minimum atomic E-state index is -0.0638. The van der Waals surface area contributed by atoms with Crippen molar-refractivity contribution in [2.45, 2.75) is 20.4 Å². The van der Waals surface area contributed by atoms with Gasteiger partial charge in [0.15, 0.2) is 0 Å². The lowest BCUT2D eigenvalue weighted by molar-refractivity contribution is 0.0993. The third kappa shape index (κ3) is 3.71. The molecular weight excluding hydrogens is 378 g/mol. The van der Waals surface area contributed by atoms with Crippen LogP contribution in [-0.4, -0.2) is 43.8 Å². The van der Waals surface area contributed by atoms with E-state index in [4.69, 9.17) is 4.74 Å². The number of hydrogen-bond acceptors (Lipinski definition) is 4. The Morgan fingerprint density at radius 1 is 1.07 bits per heavy atom. The first kappa shape index (κ1) is 20.2. The lowest BCUT2D eigenvalue weighted by atomic mass is 10.1. The van der Waals surface area contributed by atoms with E-state index in [9.17, 15) is 9.59 Å². The number of aromatic nitrogens is 1. The number of carbonyl (C=O) groups excluding carboxylic acids is 1. The second kappa shape index (κ2) is 8.32. The Morgan fingerprint density at radius 2 is 1.77 bits per heavy atom. The van der Waals surface area contributed by atoms with Crippen molar-refractivity contribution in [2.24, 2.45) is 0 Å².